The Morgan fingerprint density at radius 3 is 2.88 bits per heavy atom. The van der Waals surface area contributed by atoms with Crippen molar-refractivity contribution >= 4 is 11.8 Å². The molecule has 1 N–H and O–H groups in total. The molecule has 1 aromatic carbocycles. The van der Waals surface area contributed by atoms with E-state index in [9.17, 15) is 0 Å². The van der Waals surface area contributed by atoms with Crippen molar-refractivity contribution in [3.8, 4) is 0 Å². The zero-order valence-corrected chi connectivity index (χ0v) is 11.2. The van der Waals surface area contributed by atoms with E-state index in [1.165, 1.54) is 20.9 Å². The first-order chi connectivity index (χ1) is 8.19. The van der Waals surface area contributed by atoms with Gasteiger partial charge in [0, 0.05) is 24.7 Å². The van der Waals surface area contributed by atoms with Gasteiger partial charge in [-0.15, -0.1) is 0 Å². The fourth-order valence-electron chi connectivity index (χ4n) is 1.71. The van der Waals surface area contributed by atoms with E-state index >= 15 is 0 Å². The van der Waals surface area contributed by atoms with Gasteiger partial charge in [0.2, 0.25) is 0 Å². The Morgan fingerprint density at radius 1 is 1.41 bits per heavy atom. The predicted octanol–water partition coefficient (Wildman–Crippen LogP) is 2.60. The van der Waals surface area contributed by atoms with Crippen molar-refractivity contribution in [3.05, 3.63) is 41.7 Å². The van der Waals surface area contributed by atoms with Gasteiger partial charge in [0.05, 0.1) is 11.1 Å². The van der Waals surface area contributed by atoms with Gasteiger partial charge in [-0.2, -0.15) is 5.10 Å². The predicted molar refractivity (Wildman–Crippen MR) is 71.3 cm³/mol. The molecule has 4 heteroatoms. The lowest BCUT2D eigenvalue weighted by atomic mass is 10.1. The minimum absolute atomic E-state index is 0.893. The smallest absolute Gasteiger partial charge is 0.0629 e. The largest absolute Gasteiger partial charge is 0.316 e. The molecule has 3 nitrogen and oxygen atoms in total. The number of aryl methyl sites for hydroxylation is 2. The second kappa shape index (κ2) is 5.38. The number of hydrogen-bond acceptors (Lipinski definition) is 3. The average molecular weight is 247 g/mol. The number of nitrogens with one attached hydrogen (secondary N) is 1. The summed E-state index contributed by atoms with van der Waals surface area (Å²) >= 11 is 1.76. The van der Waals surface area contributed by atoms with E-state index in [4.69, 9.17) is 0 Å². The second-order valence-corrected chi connectivity index (χ2v) is 5.21. The summed E-state index contributed by atoms with van der Waals surface area (Å²) in [6, 6.07) is 6.56. The van der Waals surface area contributed by atoms with Crippen LogP contribution in [0.2, 0.25) is 0 Å². The number of benzene rings is 1. The van der Waals surface area contributed by atoms with Crippen molar-refractivity contribution in [1.82, 2.24) is 15.1 Å². The Bertz CT molecular complexity index is 505. The summed E-state index contributed by atoms with van der Waals surface area (Å²) in [5.41, 5.74) is 2.63. The highest BCUT2D eigenvalue weighted by molar-refractivity contribution is 7.99. The summed E-state index contributed by atoms with van der Waals surface area (Å²) in [4.78, 5) is 2.46. The van der Waals surface area contributed by atoms with Gasteiger partial charge in [-0.05, 0) is 25.6 Å². The third-order valence-electron chi connectivity index (χ3n) is 2.49. The molecule has 0 aliphatic heterocycles. The van der Waals surface area contributed by atoms with Crippen LogP contribution in [-0.4, -0.2) is 16.8 Å². The van der Waals surface area contributed by atoms with E-state index < -0.39 is 0 Å². The summed E-state index contributed by atoms with van der Waals surface area (Å²) in [7, 11) is 3.91. The summed E-state index contributed by atoms with van der Waals surface area (Å²) in [5.74, 6) is 0. The third kappa shape index (κ3) is 3.11. The monoisotopic (exact) mass is 247 g/mol. The van der Waals surface area contributed by atoms with Gasteiger partial charge in [0.25, 0.3) is 0 Å². The van der Waals surface area contributed by atoms with Gasteiger partial charge < -0.3 is 5.32 Å². The van der Waals surface area contributed by atoms with Crippen LogP contribution in [0.25, 0.3) is 0 Å². The number of aromatic nitrogens is 2. The van der Waals surface area contributed by atoms with E-state index in [0.717, 1.165) is 6.54 Å². The fourth-order valence-corrected chi connectivity index (χ4v) is 2.67. The van der Waals surface area contributed by atoms with Crippen molar-refractivity contribution in [1.29, 1.82) is 0 Å². The lowest BCUT2D eigenvalue weighted by Crippen LogP contribution is -2.06. The molecule has 0 spiro atoms. The first kappa shape index (κ1) is 12.2. The normalized spacial score (nSPS) is 10.8. The average Bonchev–Trinajstić information content (AvgIpc) is 2.69. The molecule has 90 valence electrons. The molecule has 0 bridgehead atoms. The Kier molecular flexibility index (Phi) is 3.86. The Balaban J connectivity index is 2.25. The highest BCUT2D eigenvalue weighted by Gasteiger charge is 2.05. The minimum atomic E-state index is 0.893. The topological polar surface area (TPSA) is 29.9 Å². The maximum atomic E-state index is 4.19. The van der Waals surface area contributed by atoms with E-state index in [-0.39, 0.29) is 0 Å². The quantitative estimate of drug-likeness (QED) is 0.900. The lowest BCUT2D eigenvalue weighted by Gasteiger charge is -2.08. The van der Waals surface area contributed by atoms with Crippen LogP contribution in [0, 0.1) is 6.92 Å². The van der Waals surface area contributed by atoms with Crippen LogP contribution < -0.4 is 5.32 Å². The van der Waals surface area contributed by atoms with Crippen LogP contribution in [0.4, 0.5) is 0 Å². The van der Waals surface area contributed by atoms with E-state index in [2.05, 4.69) is 35.5 Å². The molecule has 2 rings (SSSR count). The molecule has 1 aromatic heterocycles. The fraction of sp³-hybridized carbons (Fsp3) is 0.308. The van der Waals surface area contributed by atoms with Crippen LogP contribution in [-0.2, 0) is 13.6 Å². The van der Waals surface area contributed by atoms with Crippen LogP contribution in [0.3, 0.4) is 0 Å². The SMILES string of the molecule is CNCc1cc(C)ccc1Sc1cnn(C)c1. The lowest BCUT2D eigenvalue weighted by molar-refractivity contribution is 0.766. The molecule has 0 unspecified atom stereocenters. The summed E-state index contributed by atoms with van der Waals surface area (Å²) in [6.07, 6.45) is 3.93. The third-order valence-corrected chi connectivity index (χ3v) is 3.56. The molecule has 2 aromatic rings. The van der Waals surface area contributed by atoms with Gasteiger partial charge in [0.15, 0.2) is 0 Å². The van der Waals surface area contributed by atoms with Crippen molar-refractivity contribution in [2.24, 2.45) is 7.05 Å². The zero-order valence-electron chi connectivity index (χ0n) is 10.4. The molecule has 0 fully saturated rings. The molecule has 0 atom stereocenters. The molecule has 0 radical (unpaired) electrons. The summed E-state index contributed by atoms with van der Waals surface area (Å²) < 4.78 is 1.83. The van der Waals surface area contributed by atoms with Crippen LogP contribution >= 0.6 is 11.8 Å². The van der Waals surface area contributed by atoms with Crippen molar-refractivity contribution < 1.29 is 0 Å². The van der Waals surface area contributed by atoms with Gasteiger partial charge in [-0.25, -0.2) is 0 Å². The van der Waals surface area contributed by atoms with Crippen molar-refractivity contribution in [2.75, 3.05) is 7.05 Å². The van der Waals surface area contributed by atoms with E-state index in [0.29, 0.717) is 0 Å². The molecule has 0 amide bonds. The van der Waals surface area contributed by atoms with Gasteiger partial charge in [-0.1, -0.05) is 29.5 Å². The van der Waals surface area contributed by atoms with Gasteiger partial charge >= 0.3 is 0 Å². The summed E-state index contributed by atoms with van der Waals surface area (Å²) in [6.45, 7) is 3.02. The van der Waals surface area contributed by atoms with Crippen molar-refractivity contribution in [2.45, 2.75) is 23.3 Å². The van der Waals surface area contributed by atoms with E-state index in [1.807, 2.05) is 31.2 Å². The van der Waals surface area contributed by atoms with Gasteiger partial charge in [0.1, 0.15) is 0 Å². The zero-order chi connectivity index (χ0) is 12.3. The molecule has 0 saturated carbocycles. The highest BCUT2D eigenvalue weighted by Crippen LogP contribution is 2.30. The molecule has 17 heavy (non-hydrogen) atoms. The Hall–Kier alpha value is -1.26. The molecule has 0 aliphatic carbocycles. The molecular weight excluding hydrogens is 230 g/mol. The van der Waals surface area contributed by atoms with Gasteiger partial charge in [-0.3, -0.25) is 4.68 Å². The maximum absolute atomic E-state index is 4.19. The second-order valence-electron chi connectivity index (χ2n) is 4.09. The van der Waals surface area contributed by atoms with Crippen LogP contribution in [0.5, 0.6) is 0 Å². The molecule has 1 heterocycles. The molecular formula is C13H17N3S. The summed E-state index contributed by atoms with van der Waals surface area (Å²) in [5, 5.41) is 7.39. The first-order valence-corrected chi connectivity index (χ1v) is 6.41. The maximum Gasteiger partial charge on any atom is 0.0629 e. The minimum Gasteiger partial charge on any atom is -0.316 e. The van der Waals surface area contributed by atoms with Crippen LogP contribution in [0.15, 0.2) is 40.4 Å². The van der Waals surface area contributed by atoms with Crippen molar-refractivity contribution in [3.63, 3.8) is 0 Å². The highest BCUT2D eigenvalue weighted by atomic mass is 32.2. The standard InChI is InChI=1S/C13H17N3S/c1-10-4-5-13(11(6-10)7-14-2)17-12-8-15-16(3)9-12/h4-6,8-9,14H,7H2,1-3H3. The Labute approximate surface area is 106 Å². The molecule has 0 saturated heterocycles. The molecule has 0 aliphatic rings. The van der Waals surface area contributed by atoms with E-state index in [1.54, 1.807) is 11.8 Å². The van der Waals surface area contributed by atoms with Crippen LogP contribution in [0.1, 0.15) is 11.1 Å². The number of rotatable bonds is 4. The Morgan fingerprint density at radius 2 is 2.24 bits per heavy atom. The number of nitrogens with zero attached hydrogens (tertiary/aromatic N) is 2. The first-order valence-electron chi connectivity index (χ1n) is 5.59. The number of hydrogen-bond donors (Lipinski definition) is 1.